The standard InChI is InChI=1S/C65H91NO5P2/c1-39(66-72-67-54-45(31-41(58(2,3)4)35-49(54)62(14,15)16)46-32-42(59(5,6)7)36-50(55(46)68-72)63(17,18)19)53(40-29-27-26-28-30-40)69-73-70-56-47(33-43(60(8,9)10)37-51(56)64(20,21)22)48-34-44(61(11,12)13)38-52(57(48)71-73)65(23,24)25/h26-39,53,66H,1-25H3/t39-,53-/m1/s1. The predicted octanol–water partition coefficient (Wildman–Crippen LogP) is 21.1. The van der Waals surface area contributed by atoms with Gasteiger partial charge in [0.05, 0.1) is 0 Å². The predicted molar refractivity (Wildman–Crippen MR) is 317 cm³/mol. The molecule has 0 radical (unpaired) electrons. The van der Waals surface area contributed by atoms with Crippen molar-refractivity contribution >= 4 is 60.3 Å². The van der Waals surface area contributed by atoms with Crippen LogP contribution in [0.3, 0.4) is 0 Å². The molecule has 6 nitrogen and oxygen atoms in total. The number of nitrogens with one attached hydrogen (secondary N) is 1. The maximum Gasteiger partial charge on any atom is 0.388 e. The molecule has 2 atom stereocenters. The maximum absolute atomic E-state index is 7.49. The first-order chi connectivity index (χ1) is 33.1. The molecular formula is C65H91NO5P2. The Bertz CT molecular complexity index is 3070. The fraction of sp³-hybridized carbons (Fsp3) is 0.538. The lowest BCUT2D eigenvalue weighted by atomic mass is 9.77. The van der Waals surface area contributed by atoms with Crippen molar-refractivity contribution in [3.05, 3.63) is 129 Å². The van der Waals surface area contributed by atoms with Crippen molar-refractivity contribution in [2.24, 2.45) is 0 Å². The Labute approximate surface area is 442 Å². The highest BCUT2D eigenvalue weighted by Crippen LogP contribution is 2.49. The van der Waals surface area contributed by atoms with Gasteiger partial charge in [0.2, 0.25) is 0 Å². The van der Waals surface area contributed by atoms with Gasteiger partial charge < -0.3 is 16.8 Å². The van der Waals surface area contributed by atoms with Crippen LogP contribution in [-0.2, 0) is 43.3 Å². The van der Waals surface area contributed by atoms with Crippen molar-refractivity contribution in [2.45, 2.75) is 229 Å². The van der Waals surface area contributed by atoms with Crippen LogP contribution in [0.5, 0.6) is 0 Å². The van der Waals surface area contributed by atoms with Crippen molar-refractivity contribution in [2.75, 3.05) is 5.09 Å². The van der Waals surface area contributed by atoms with E-state index in [2.05, 4.69) is 257 Å². The molecule has 0 bridgehead atoms. The van der Waals surface area contributed by atoms with Crippen LogP contribution in [0.25, 0.3) is 43.9 Å². The van der Waals surface area contributed by atoms with Crippen molar-refractivity contribution < 1.29 is 21.3 Å². The number of hydrogen-bond acceptors (Lipinski definition) is 6. The summed E-state index contributed by atoms with van der Waals surface area (Å²) in [6.07, 6.45) is -0.552. The highest BCUT2D eigenvalue weighted by atomic mass is 31.1. The zero-order chi connectivity index (χ0) is 54.6. The van der Waals surface area contributed by atoms with E-state index in [1.165, 1.54) is 22.3 Å². The van der Waals surface area contributed by atoms with E-state index in [0.29, 0.717) is 0 Å². The molecule has 0 amide bonds. The van der Waals surface area contributed by atoms with Crippen molar-refractivity contribution in [3.8, 4) is 0 Å². The van der Waals surface area contributed by atoms with Crippen molar-refractivity contribution in [3.63, 3.8) is 0 Å². The van der Waals surface area contributed by atoms with E-state index in [0.717, 1.165) is 71.7 Å². The fourth-order valence-corrected chi connectivity index (χ4v) is 12.2. The first-order valence-electron chi connectivity index (χ1n) is 26.7. The van der Waals surface area contributed by atoms with Gasteiger partial charge in [-0.15, -0.1) is 0 Å². The Morgan fingerprint density at radius 3 is 0.904 bits per heavy atom. The number of rotatable bonds is 6. The first-order valence-corrected chi connectivity index (χ1v) is 29.0. The monoisotopic (exact) mass is 1030 g/mol. The summed E-state index contributed by atoms with van der Waals surface area (Å²) in [7, 11) is -3.89. The van der Waals surface area contributed by atoms with Crippen LogP contribution in [0.1, 0.15) is 229 Å². The Kier molecular flexibility index (Phi) is 14.8. The average Bonchev–Trinajstić information content (AvgIpc) is 3.48. The third-order valence-electron chi connectivity index (χ3n) is 14.4. The van der Waals surface area contributed by atoms with Gasteiger partial charge in [0, 0.05) is 49.8 Å². The van der Waals surface area contributed by atoms with Crippen molar-refractivity contribution in [1.29, 1.82) is 0 Å². The van der Waals surface area contributed by atoms with Crippen LogP contribution in [0, 0.1) is 0 Å². The third-order valence-corrected chi connectivity index (χ3v) is 16.8. The van der Waals surface area contributed by atoms with E-state index in [9.17, 15) is 0 Å². The SMILES string of the molecule is C[C@@H](Np1oc2c(C(C)(C)C)cc(C(C)(C)C)cc2c2cc(C(C)(C)C)cc(C(C)(C)C)c2o1)[C@@H](Op1oc2c(C(C)(C)C)cc(C(C)(C)C)cc2c2cc(C(C)(C)C)cc(C(C)(C)C)c2o1)c1ccccc1. The minimum absolute atomic E-state index is 0.107. The van der Waals surface area contributed by atoms with Crippen LogP contribution >= 0.6 is 16.4 Å². The Balaban J connectivity index is 1.57. The first kappa shape index (κ1) is 56.5. The third kappa shape index (κ3) is 12.1. The molecule has 0 unspecified atom stereocenters. The van der Waals surface area contributed by atoms with Gasteiger partial charge >= 0.3 is 16.4 Å². The average molecular weight is 1030 g/mol. The van der Waals surface area contributed by atoms with Crippen LogP contribution in [0.15, 0.2) is 95.6 Å². The highest BCUT2D eigenvalue weighted by molar-refractivity contribution is 7.38. The molecule has 396 valence electrons. The van der Waals surface area contributed by atoms with Crippen molar-refractivity contribution in [1.82, 2.24) is 0 Å². The van der Waals surface area contributed by atoms with E-state index in [-0.39, 0.29) is 49.4 Å². The van der Waals surface area contributed by atoms with Gasteiger partial charge in [-0.25, -0.2) is 5.09 Å². The summed E-state index contributed by atoms with van der Waals surface area (Å²) in [5, 5.41) is 8.14. The van der Waals surface area contributed by atoms with Gasteiger partial charge in [-0.05, 0) is 102 Å². The Morgan fingerprint density at radius 2 is 0.644 bits per heavy atom. The molecule has 8 heteroatoms. The lowest BCUT2D eigenvalue weighted by molar-refractivity contribution is 0.242. The molecular weight excluding hydrogens is 937 g/mol. The summed E-state index contributed by atoms with van der Waals surface area (Å²) in [5.74, 6) is 0. The second-order valence-electron chi connectivity index (χ2n) is 29.3. The molecule has 1 N–H and O–H groups in total. The summed E-state index contributed by atoms with van der Waals surface area (Å²) in [6, 6.07) is 28.9. The minimum atomic E-state index is -2.07. The molecule has 0 fully saturated rings. The van der Waals surface area contributed by atoms with Crippen LogP contribution in [0.4, 0.5) is 0 Å². The zero-order valence-corrected chi connectivity index (χ0v) is 51.4. The molecule has 5 aromatic carbocycles. The summed E-state index contributed by atoms with van der Waals surface area (Å²) in [6.45, 7) is 57.0. The second kappa shape index (κ2) is 19.1. The lowest BCUT2D eigenvalue weighted by Gasteiger charge is -2.27. The van der Waals surface area contributed by atoms with E-state index >= 15 is 0 Å². The van der Waals surface area contributed by atoms with Gasteiger partial charge in [-0.1, -0.05) is 221 Å². The largest absolute Gasteiger partial charge is 0.408 e. The summed E-state index contributed by atoms with van der Waals surface area (Å²) in [4.78, 5) is 0. The number of fused-ring (bicyclic) bond motifs is 6. The molecule has 2 heterocycles. The molecule has 73 heavy (non-hydrogen) atoms. The van der Waals surface area contributed by atoms with Gasteiger partial charge in [0.15, 0.2) is 0 Å². The summed E-state index contributed by atoms with van der Waals surface area (Å²) in [5.41, 5.74) is 12.4. The quantitative estimate of drug-likeness (QED) is 0.179. The molecule has 7 rings (SSSR count). The van der Waals surface area contributed by atoms with Crippen LogP contribution in [0.2, 0.25) is 0 Å². The molecule has 0 saturated heterocycles. The molecule has 2 aromatic heterocycles. The molecule has 0 spiro atoms. The second-order valence-corrected chi connectivity index (χ2v) is 31.5. The van der Waals surface area contributed by atoms with E-state index in [1.54, 1.807) is 0 Å². The van der Waals surface area contributed by atoms with E-state index in [1.807, 2.05) is 0 Å². The fourth-order valence-electron chi connectivity index (χ4n) is 9.53. The van der Waals surface area contributed by atoms with Crippen LogP contribution in [-0.4, -0.2) is 6.04 Å². The Hall–Kier alpha value is -4.18. The lowest BCUT2D eigenvalue weighted by Crippen LogP contribution is -2.26. The molecule has 7 aromatic rings. The van der Waals surface area contributed by atoms with Gasteiger partial charge in [0.1, 0.15) is 28.4 Å². The van der Waals surface area contributed by atoms with Gasteiger partial charge in [-0.3, -0.25) is 4.52 Å². The molecule has 0 aliphatic rings. The number of hydrogen-bond donors (Lipinski definition) is 1. The van der Waals surface area contributed by atoms with Crippen LogP contribution < -0.4 is 9.61 Å². The zero-order valence-electron chi connectivity index (χ0n) is 49.6. The smallest absolute Gasteiger partial charge is 0.388 e. The van der Waals surface area contributed by atoms with E-state index in [4.69, 9.17) is 21.3 Å². The van der Waals surface area contributed by atoms with Gasteiger partial charge in [0.25, 0.3) is 0 Å². The normalized spacial score (nSPS) is 14.6. The Morgan fingerprint density at radius 1 is 0.370 bits per heavy atom. The maximum atomic E-state index is 7.49. The highest BCUT2D eigenvalue weighted by Gasteiger charge is 2.33. The summed E-state index contributed by atoms with van der Waals surface area (Å²) < 4.78 is 37.1. The topological polar surface area (TPSA) is 73.8 Å². The molecule has 0 aliphatic carbocycles. The van der Waals surface area contributed by atoms with E-state index < -0.39 is 22.5 Å². The molecule has 0 saturated carbocycles. The minimum Gasteiger partial charge on any atom is -0.408 e. The number of benzene rings is 5. The summed E-state index contributed by atoms with van der Waals surface area (Å²) >= 11 is 0. The molecule has 0 aliphatic heterocycles. The van der Waals surface area contributed by atoms with Gasteiger partial charge in [-0.2, -0.15) is 0 Å².